The van der Waals surface area contributed by atoms with Crippen molar-refractivity contribution in [3.05, 3.63) is 46.6 Å². The van der Waals surface area contributed by atoms with Gasteiger partial charge in [-0.3, -0.25) is 37.4 Å². The quantitative estimate of drug-likeness (QED) is 0.00798. The molecule has 6 aliphatic heterocycles. The predicted molar refractivity (Wildman–Crippen MR) is 385 cm³/mol. The third-order valence-corrected chi connectivity index (χ3v) is 19.6. The van der Waals surface area contributed by atoms with Gasteiger partial charge in [0.15, 0.2) is 86.7 Å². The Morgan fingerprint density at radius 1 is 0.539 bits per heavy atom. The number of esters is 1. The van der Waals surface area contributed by atoms with Crippen LogP contribution in [0.3, 0.4) is 0 Å². The Labute approximate surface area is 692 Å². The maximum absolute atomic E-state index is 12.6. The molecule has 6 aliphatic rings. The van der Waals surface area contributed by atoms with Gasteiger partial charge in [-0.05, 0) is 80.8 Å². The molecule has 0 aliphatic carbocycles. The van der Waals surface area contributed by atoms with Crippen molar-refractivity contribution >= 4 is 107 Å². The summed E-state index contributed by atoms with van der Waals surface area (Å²) in [5, 5.41) is 67.9. The first-order chi connectivity index (χ1) is 52.6. The summed E-state index contributed by atoms with van der Waals surface area (Å²) in [6, 6.07) is 0. The van der Waals surface area contributed by atoms with E-state index in [-0.39, 0.29) is 112 Å². The number of halogens is 2. The van der Waals surface area contributed by atoms with Gasteiger partial charge in [-0.2, -0.15) is 15.0 Å². The monoisotopic (exact) mass is 1900 g/mol. The van der Waals surface area contributed by atoms with Gasteiger partial charge in [0, 0.05) is 95.1 Å². The van der Waals surface area contributed by atoms with Gasteiger partial charge in [0.25, 0.3) is 23.9 Å². The second kappa shape index (κ2) is 44.0. The van der Waals surface area contributed by atoms with Crippen LogP contribution in [-0.2, 0) is 155 Å². The number of hydrogen-bond acceptors (Lipinski definition) is 37. The molecule has 0 saturated carbocycles. The van der Waals surface area contributed by atoms with Gasteiger partial charge in [0.2, 0.25) is 17.0 Å². The van der Waals surface area contributed by atoms with Crippen LogP contribution in [0.15, 0.2) is 19.0 Å². The fourth-order valence-electron chi connectivity index (χ4n) is 11.3. The van der Waals surface area contributed by atoms with Crippen molar-refractivity contribution in [3.8, 4) is 11.8 Å². The van der Waals surface area contributed by atoms with Gasteiger partial charge < -0.3 is 126 Å². The Hall–Kier alpha value is -6.45. The van der Waals surface area contributed by atoms with Gasteiger partial charge in [-0.15, -0.1) is 4.79 Å². The van der Waals surface area contributed by atoms with Gasteiger partial charge in [-0.25, -0.2) is 39.3 Å². The van der Waals surface area contributed by atoms with Crippen molar-refractivity contribution in [2.75, 3.05) is 62.5 Å². The fourth-order valence-corrected chi connectivity index (χ4v) is 13.6. The first-order valence-corrected chi connectivity index (χ1v) is 37.4. The normalized spacial score (nSPS) is 23.7. The molecule has 6 aromatic heterocycles. The Kier molecular flexibility index (Phi) is 39.3. The molecule has 6 fully saturated rings. The third kappa shape index (κ3) is 27.0. The SMILES string of the molecule is CC(=O)O.CC(=O)O.CC(=O)O.CC(=O)O.CC1(C)O[C@@H]2[C@H](O1)[C@@H](CO)O[C@H]2n1cnc2c(Cl)nc(Cl)nc21.COP(=O)(OC)C(=[N+]=[N-])C(=O)OC(C)(C)C.COc1nc(CO)nc2c1ncn2[C@@H]1O[C@H](CO)[C@H]2OC(C)(C)O[C@H]21.COc1nc(CO)nc2c1ncn2[C@@H]1O[C@H](COC(C)P(=O)(OC)OC)[C@H]2OC(C)(C)O[C@H]21.[Rh].[Rh]. The molecule has 2 radical (unpaired) electrons. The van der Waals surface area contributed by atoms with E-state index in [1.165, 1.54) is 34.8 Å². The Bertz CT molecular complexity index is 4340. The minimum absolute atomic E-state index is 0. The van der Waals surface area contributed by atoms with Crippen LogP contribution < -0.4 is 9.47 Å². The molecular formula is C63H94Cl2N14O32P2Rh2. The van der Waals surface area contributed by atoms with Crippen LogP contribution in [0.5, 0.6) is 11.8 Å². The van der Waals surface area contributed by atoms with Gasteiger partial charge >= 0.3 is 26.6 Å². The summed E-state index contributed by atoms with van der Waals surface area (Å²) in [6.07, 6.45) is -1.33. The van der Waals surface area contributed by atoms with Crippen LogP contribution in [0, 0.1) is 0 Å². The zero-order valence-corrected chi connectivity index (χ0v) is 72.3. The summed E-state index contributed by atoms with van der Waals surface area (Å²) in [5.41, 5.74) is 9.65. The number of aliphatic hydroxyl groups excluding tert-OH is 4. The Morgan fingerprint density at radius 3 is 1.17 bits per heavy atom. The summed E-state index contributed by atoms with van der Waals surface area (Å²) in [5.74, 6) is -6.69. The van der Waals surface area contributed by atoms with E-state index in [2.05, 4.69) is 58.7 Å². The van der Waals surface area contributed by atoms with Crippen LogP contribution in [0.2, 0.25) is 10.4 Å². The Balaban J connectivity index is 0.000000378. The number of carbonyl (C=O) groups is 5. The van der Waals surface area contributed by atoms with Crippen molar-refractivity contribution < 1.29 is 197 Å². The number of aliphatic carboxylic acids is 4. The number of methoxy groups -OCH3 is 2. The van der Waals surface area contributed by atoms with E-state index in [0.29, 0.717) is 33.5 Å². The average molecular weight is 1900 g/mol. The van der Waals surface area contributed by atoms with E-state index < -0.39 is 147 Å². The third-order valence-electron chi connectivity index (χ3n) is 15.3. The standard InChI is InChI=1S/C19H29N4O9P.C15H20N4O6.C13H14Cl2N4O4.C8H15N2O5P.4C2H4O2.2Rh/c1-10(33(25,27-5)28-6)29-8-11-14-15(32-19(2,3)31-14)18(30-11)23-9-20-13-16(23)21-12(7-24)22-17(13)26-4;1-15(2)24-10-7(4-20)23-14(11(10)25-15)19-6-16-9-12(19)17-8(5-21)18-13(9)22-3;1-13(2)22-7-5(3-20)21-11(8(7)23-13)19-4-16-6-9(14)17-12(15)18-10(6)19;1-8(2,3)15-7(11)6(10-9)16(12,13-4)14-5;4*1-2(3)4;;/h9-11,14-15,18,24H,7-8H2,1-6H3;6-7,10-11,14,20-21H,4-5H2,1-3H3;4-5,7-8,11,20H,3H2,1-2H3;1-5H3;4*1H3,(H,3,4);;/t10?,11-,14-,15-,18-;7-,10-,11-,14-;5-,7-,8-,11-;;;;;;;/m111......./s1. The summed E-state index contributed by atoms with van der Waals surface area (Å²) in [6.45, 7) is 20.7. The smallest absolute Gasteiger partial charge is 0.481 e. The van der Waals surface area contributed by atoms with Crippen molar-refractivity contribution in [2.45, 2.75) is 213 Å². The summed E-state index contributed by atoms with van der Waals surface area (Å²) >= 11 is 11.9. The number of nitrogens with zero attached hydrogens (tertiary/aromatic N) is 14. The first kappa shape index (κ1) is 103. The van der Waals surface area contributed by atoms with E-state index in [0.717, 1.165) is 41.9 Å². The largest absolute Gasteiger partial charge is 0.484 e. The van der Waals surface area contributed by atoms with E-state index in [1.807, 2.05) is 41.5 Å². The molecule has 6 aromatic rings. The molecular weight excluding hydrogens is 1800 g/mol. The van der Waals surface area contributed by atoms with Crippen LogP contribution >= 0.6 is 38.4 Å². The van der Waals surface area contributed by atoms with Crippen molar-refractivity contribution in [1.82, 2.24) is 58.6 Å². The molecule has 1 unspecified atom stereocenters. The molecule has 0 amide bonds. The molecule has 650 valence electrons. The maximum atomic E-state index is 12.6. The van der Waals surface area contributed by atoms with Crippen LogP contribution in [-0.4, -0.2) is 286 Å². The van der Waals surface area contributed by atoms with Crippen molar-refractivity contribution in [1.29, 1.82) is 0 Å². The molecule has 0 bridgehead atoms. The molecule has 0 spiro atoms. The number of rotatable bonds is 19. The minimum Gasteiger partial charge on any atom is -0.481 e. The number of aliphatic hydroxyl groups is 4. The van der Waals surface area contributed by atoms with E-state index in [1.54, 1.807) is 54.1 Å². The number of aromatic nitrogens is 12. The second-order valence-electron chi connectivity index (χ2n) is 26.3. The van der Waals surface area contributed by atoms with E-state index in [9.17, 15) is 34.4 Å². The van der Waals surface area contributed by atoms with Crippen LogP contribution in [0.4, 0.5) is 0 Å². The number of carboxylic acid groups (broad SMARTS) is 4. The van der Waals surface area contributed by atoms with Crippen molar-refractivity contribution in [3.63, 3.8) is 0 Å². The number of ether oxygens (including phenoxy) is 13. The molecule has 0 aromatic carbocycles. The number of carbonyl (C=O) groups excluding carboxylic acids is 1. The molecule has 12 heterocycles. The number of hydrogen-bond donors (Lipinski definition) is 8. The zero-order chi connectivity index (χ0) is 85.4. The summed E-state index contributed by atoms with van der Waals surface area (Å²) < 4.78 is 124. The molecule has 46 nitrogen and oxygen atoms in total. The number of fused-ring (bicyclic) bond motifs is 6. The van der Waals surface area contributed by atoms with Crippen molar-refractivity contribution in [2.24, 2.45) is 0 Å². The zero-order valence-electron chi connectivity index (χ0n) is 65.7. The van der Waals surface area contributed by atoms with Crippen LogP contribution in [0.1, 0.15) is 127 Å². The van der Waals surface area contributed by atoms with E-state index >= 15 is 0 Å². The molecule has 52 heteroatoms. The summed E-state index contributed by atoms with van der Waals surface area (Å²) in [4.78, 5) is 88.0. The Morgan fingerprint density at radius 2 is 0.861 bits per heavy atom. The van der Waals surface area contributed by atoms with Gasteiger partial charge in [0.05, 0.1) is 53.0 Å². The molecule has 115 heavy (non-hydrogen) atoms. The fraction of sp³-hybridized carbons (Fsp3) is 0.667. The average Bonchev–Trinajstić information content (AvgIpc) is 1.60. The second-order valence-corrected chi connectivity index (χ2v) is 31.7. The predicted octanol–water partition coefficient (Wildman–Crippen LogP) is 4.67. The molecule has 6 saturated heterocycles. The molecule has 12 rings (SSSR count). The molecule has 13 atom stereocenters. The summed E-state index contributed by atoms with van der Waals surface area (Å²) in [7, 11) is 0.365. The van der Waals surface area contributed by atoms with Crippen LogP contribution in [0.25, 0.3) is 39.0 Å². The topological polar surface area (TPSA) is 605 Å². The van der Waals surface area contributed by atoms with Gasteiger partial charge in [-0.1, -0.05) is 11.6 Å². The first-order valence-electron chi connectivity index (χ1n) is 33.5. The molecule has 8 N–H and O–H groups in total. The maximum Gasteiger partial charge on any atom is 0.484 e. The number of imidazole rings is 3. The minimum atomic E-state index is -3.91. The number of carboxylic acids is 4. The van der Waals surface area contributed by atoms with E-state index in [4.69, 9.17) is 139 Å². The van der Waals surface area contributed by atoms with Gasteiger partial charge in [0.1, 0.15) is 79.3 Å².